The maximum Gasteiger partial charge on any atom is 0.317 e. The van der Waals surface area contributed by atoms with Gasteiger partial charge in [0.2, 0.25) is 5.95 Å². The van der Waals surface area contributed by atoms with E-state index in [1.165, 1.54) is 15.8 Å². The van der Waals surface area contributed by atoms with Crippen molar-refractivity contribution >= 4 is 34.2 Å². The largest absolute Gasteiger partial charge is 0.361 e. The molecule has 0 aliphatic carbocycles. The minimum Gasteiger partial charge on any atom is -0.361 e. The molecule has 1 saturated heterocycles. The molecule has 0 spiro atoms. The Labute approximate surface area is 184 Å². The summed E-state index contributed by atoms with van der Waals surface area (Å²) in [4.78, 5) is 30.1. The molecule has 0 radical (unpaired) electrons. The van der Waals surface area contributed by atoms with Crippen LogP contribution in [0.4, 0.5) is 10.7 Å². The van der Waals surface area contributed by atoms with Crippen LogP contribution in [0.2, 0.25) is 0 Å². The lowest BCUT2D eigenvalue weighted by Gasteiger charge is -2.34. The van der Waals surface area contributed by atoms with Crippen molar-refractivity contribution in [1.82, 2.24) is 25.2 Å². The lowest BCUT2D eigenvalue weighted by molar-refractivity contribution is 0.194. The Hall–Kier alpha value is -3.39. The van der Waals surface area contributed by atoms with Crippen molar-refractivity contribution in [2.45, 2.75) is 5.92 Å². The van der Waals surface area contributed by atoms with Gasteiger partial charge in [0, 0.05) is 73.0 Å². The monoisotopic (exact) mass is 432 g/mol. The first-order valence-electron chi connectivity index (χ1n) is 10.4. The number of nitrogens with one attached hydrogen (secondary N) is 2. The summed E-state index contributed by atoms with van der Waals surface area (Å²) in [7, 11) is 0. The molecular formula is C23H24N6OS. The van der Waals surface area contributed by atoms with E-state index in [9.17, 15) is 4.79 Å². The van der Waals surface area contributed by atoms with Gasteiger partial charge in [-0.1, -0.05) is 24.3 Å². The second-order valence-corrected chi connectivity index (χ2v) is 8.55. The molecule has 2 amide bonds. The van der Waals surface area contributed by atoms with Crippen LogP contribution in [0.5, 0.6) is 0 Å². The van der Waals surface area contributed by atoms with Crippen molar-refractivity contribution < 1.29 is 4.79 Å². The van der Waals surface area contributed by atoms with Gasteiger partial charge in [-0.25, -0.2) is 14.8 Å². The molecule has 8 heteroatoms. The number of fused-ring (bicyclic) bond motifs is 1. The van der Waals surface area contributed by atoms with E-state index in [2.05, 4.69) is 67.1 Å². The first-order chi connectivity index (χ1) is 15.3. The molecule has 0 saturated carbocycles. The number of carbonyl (C=O) groups is 1. The summed E-state index contributed by atoms with van der Waals surface area (Å²) in [6.07, 6.45) is 5.56. The van der Waals surface area contributed by atoms with Crippen molar-refractivity contribution in [3.05, 3.63) is 76.9 Å². The van der Waals surface area contributed by atoms with Crippen LogP contribution in [-0.2, 0) is 0 Å². The van der Waals surface area contributed by atoms with Crippen molar-refractivity contribution in [3.8, 4) is 0 Å². The number of carbonyl (C=O) groups excluding carboxylic acids is 1. The highest BCUT2D eigenvalue weighted by atomic mass is 32.1. The smallest absolute Gasteiger partial charge is 0.317 e. The number of aromatic nitrogens is 3. The van der Waals surface area contributed by atoms with Gasteiger partial charge in [0.05, 0.1) is 0 Å². The molecule has 0 bridgehead atoms. The maximum atomic E-state index is 12.9. The topological polar surface area (TPSA) is 77.2 Å². The molecule has 1 aliphatic rings. The minimum absolute atomic E-state index is 0.0185. The Morgan fingerprint density at radius 2 is 1.87 bits per heavy atom. The summed E-state index contributed by atoms with van der Waals surface area (Å²) in [5.74, 6) is 0.832. The third kappa shape index (κ3) is 4.11. The zero-order valence-electron chi connectivity index (χ0n) is 17.1. The fourth-order valence-corrected chi connectivity index (χ4v) is 4.95. The lowest BCUT2D eigenvalue weighted by Crippen LogP contribution is -2.52. The number of H-pyrrole nitrogens is 1. The molecular weight excluding hydrogens is 408 g/mol. The molecule has 5 rings (SSSR count). The van der Waals surface area contributed by atoms with E-state index in [0.717, 1.165) is 24.6 Å². The van der Waals surface area contributed by atoms with Gasteiger partial charge >= 0.3 is 6.03 Å². The second-order valence-electron chi connectivity index (χ2n) is 7.57. The van der Waals surface area contributed by atoms with Gasteiger partial charge in [-0.05, 0) is 29.1 Å². The molecule has 158 valence electrons. The number of aromatic amines is 1. The van der Waals surface area contributed by atoms with Gasteiger partial charge in [0.15, 0.2) is 0 Å². The lowest BCUT2D eigenvalue weighted by atomic mass is 9.97. The number of anilines is 1. The molecule has 3 aromatic heterocycles. The summed E-state index contributed by atoms with van der Waals surface area (Å²) in [6.45, 7) is 3.33. The summed E-state index contributed by atoms with van der Waals surface area (Å²) < 4.78 is 0. The van der Waals surface area contributed by atoms with Crippen LogP contribution in [0.3, 0.4) is 0 Å². The summed E-state index contributed by atoms with van der Waals surface area (Å²) in [5.41, 5.74) is 2.33. The third-order valence-electron chi connectivity index (χ3n) is 5.74. The molecule has 7 nitrogen and oxygen atoms in total. The van der Waals surface area contributed by atoms with Crippen LogP contribution < -0.4 is 10.2 Å². The Balaban J connectivity index is 1.25. The summed E-state index contributed by atoms with van der Waals surface area (Å²) in [5, 5.41) is 6.47. The predicted octanol–water partition coefficient (Wildman–Crippen LogP) is 3.68. The molecule has 1 fully saturated rings. The second kappa shape index (κ2) is 8.77. The fraction of sp³-hybridized carbons (Fsp3) is 0.261. The van der Waals surface area contributed by atoms with E-state index in [0.29, 0.717) is 19.6 Å². The zero-order chi connectivity index (χ0) is 21.0. The number of nitrogens with zero attached hydrogens (tertiary/aromatic N) is 4. The third-order valence-corrected chi connectivity index (χ3v) is 6.73. The Morgan fingerprint density at radius 1 is 1.06 bits per heavy atom. The Morgan fingerprint density at radius 3 is 2.65 bits per heavy atom. The van der Waals surface area contributed by atoms with E-state index in [1.54, 1.807) is 23.7 Å². The van der Waals surface area contributed by atoms with Crippen molar-refractivity contribution in [2.24, 2.45) is 0 Å². The van der Waals surface area contributed by atoms with Gasteiger partial charge < -0.3 is 20.1 Å². The van der Waals surface area contributed by atoms with Gasteiger partial charge in [-0.3, -0.25) is 0 Å². The minimum atomic E-state index is -0.0185. The van der Waals surface area contributed by atoms with E-state index < -0.39 is 0 Å². The SMILES string of the molecule is O=C(NC[C@H](c1cccs1)c1c[nH]c2ccccc12)N1CCN(c2ncccn2)CC1. The predicted molar refractivity (Wildman–Crippen MR) is 124 cm³/mol. The van der Waals surface area contributed by atoms with Gasteiger partial charge in [0.1, 0.15) is 0 Å². The number of rotatable bonds is 5. The molecule has 4 heterocycles. The average molecular weight is 433 g/mol. The number of hydrogen-bond donors (Lipinski definition) is 2. The van der Waals surface area contributed by atoms with Crippen molar-refractivity contribution in [2.75, 3.05) is 37.6 Å². The molecule has 4 aromatic rings. The number of hydrogen-bond acceptors (Lipinski definition) is 5. The van der Waals surface area contributed by atoms with E-state index >= 15 is 0 Å². The summed E-state index contributed by atoms with van der Waals surface area (Å²) >= 11 is 1.72. The number of piperazine rings is 1. The standard InChI is InChI=1S/C23H24N6OS/c30-23(29-12-10-28(11-13-29)22-24-8-4-9-25-22)27-16-19(21-7-3-14-31-21)18-15-26-20-6-2-1-5-17(18)20/h1-9,14-15,19,26H,10-13,16H2,(H,27,30)/t19-/m0/s1. The Bertz CT molecular complexity index is 1140. The van der Waals surface area contributed by atoms with Crippen molar-refractivity contribution in [3.63, 3.8) is 0 Å². The van der Waals surface area contributed by atoms with Crippen LogP contribution in [0.25, 0.3) is 10.9 Å². The van der Waals surface area contributed by atoms with Gasteiger partial charge in [-0.15, -0.1) is 11.3 Å². The summed E-state index contributed by atoms with van der Waals surface area (Å²) in [6, 6.07) is 14.3. The van der Waals surface area contributed by atoms with E-state index in [-0.39, 0.29) is 11.9 Å². The highest BCUT2D eigenvalue weighted by Gasteiger charge is 2.24. The number of amides is 2. The number of para-hydroxylation sites is 1. The van der Waals surface area contributed by atoms with Crippen LogP contribution in [0.15, 0.2) is 66.4 Å². The highest BCUT2D eigenvalue weighted by molar-refractivity contribution is 7.10. The normalized spacial score (nSPS) is 15.2. The maximum absolute atomic E-state index is 12.9. The fourth-order valence-electron chi connectivity index (χ4n) is 4.10. The molecule has 1 aromatic carbocycles. The molecule has 0 unspecified atom stereocenters. The van der Waals surface area contributed by atoms with Crippen LogP contribution in [0, 0.1) is 0 Å². The van der Waals surface area contributed by atoms with E-state index in [1.807, 2.05) is 17.0 Å². The van der Waals surface area contributed by atoms with Crippen molar-refractivity contribution in [1.29, 1.82) is 0 Å². The molecule has 31 heavy (non-hydrogen) atoms. The zero-order valence-corrected chi connectivity index (χ0v) is 17.9. The van der Waals surface area contributed by atoms with Crippen LogP contribution in [-0.4, -0.2) is 58.6 Å². The van der Waals surface area contributed by atoms with E-state index in [4.69, 9.17) is 0 Å². The van der Waals surface area contributed by atoms with Gasteiger partial charge in [-0.2, -0.15) is 0 Å². The first-order valence-corrected chi connectivity index (χ1v) is 11.3. The van der Waals surface area contributed by atoms with Crippen LogP contribution in [0.1, 0.15) is 16.4 Å². The van der Waals surface area contributed by atoms with Crippen LogP contribution >= 0.6 is 11.3 Å². The average Bonchev–Trinajstić information content (AvgIpc) is 3.51. The number of thiophene rings is 1. The highest BCUT2D eigenvalue weighted by Crippen LogP contribution is 2.32. The van der Waals surface area contributed by atoms with Gasteiger partial charge in [0.25, 0.3) is 0 Å². The first kappa shape index (κ1) is 19.6. The number of benzene rings is 1. The molecule has 1 atom stereocenters. The quantitative estimate of drug-likeness (QED) is 0.504. The molecule has 1 aliphatic heterocycles. The Kier molecular flexibility index (Phi) is 5.54. The number of urea groups is 1. The molecule has 2 N–H and O–H groups in total.